The van der Waals surface area contributed by atoms with Crippen LogP contribution in [0.25, 0.3) is 10.9 Å². The van der Waals surface area contributed by atoms with Gasteiger partial charge in [0, 0.05) is 24.9 Å². The van der Waals surface area contributed by atoms with E-state index in [4.69, 9.17) is 0 Å². The molecule has 1 aromatic heterocycles. The second kappa shape index (κ2) is 6.20. The Balaban J connectivity index is 2.20. The van der Waals surface area contributed by atoms with Crippen molar-refractivity contribution >= 4 is 10.9 Å². The lowest BCUT2D eigenvalue weighted by atomic mass is 9.96. The fourth-order valence-electron chi connectivity index (χ4n) is 2.63. The monoisotopic (exact) mass is 259 g/mol. The highest BCUT2D eigenvalue weighted by atomic mass is 15.3. The number of aromatic nitrogens is 2. The Bertz CT molecular complexity index is 530. The second-order valence-electron chi connectivity index (χ2n) is 5.53. The molecule has 1 N–H and O–H groups in total. The largest absolute Gasteiger partial charge is 0.317 e. The molecule has 0 amide bonds. The summed E-state index contributed by atoms with van der Waals surface area (Å²) in [4.78, 5) is 0. The van der Waals surface area contributed by atoms with E-state index in [1.807, 2.05) is 11.7 Å². The normalized spacial score (nSPS) is 14.7. The van der Waals surface area contributed by atoms with Crippen LogP contribution >= 0.6 is 0 Å². The molecule has 0 radical (unpaired) electrons. The van der Waals surface area contributed by atoms with Crippen molar-refractivity contribution in [2.75, 3.05) is 7.05 Å². The van der Waals surface area contributed by atoms with E-state index < -0.39 is 0 Å². The minimum Gasteiger partial charge on any atom is -0.317 e. The number of hydrogen-bond donors (Lipinski definition) is 1. The highest BCUT2D eigenvalue weighted by molar-refractivity contribution is 5.81. The van der Waals surface area contributed by atoms with Crippen molar-refractivity contribution < 1.29 is 0 Å². The fraction of sp³-hybridized carbons (Fsp3) is 0.562. The first-order valence-corrected chi connectivity index (χ1v) is 7.23. The van der Waals surface area contributed by atoms with Crippen LogP contribution in [0, 0.1) is 5.92 Å². The lowest BCUT2D eigenvalue weighted by Crippen LogP contribution is -2.29. The van der Waals surface area contributed by atoms with Crippen molar-refractivity contribution in [3.63, 3.8) is 0 Å². The van der Waals surface area contributed by atoms with E-state index in [2.05, 4.69) is 55.6 Å². The predicted molar refractivity (Wildman–Crippen MR) is 81.3 cm³/mol. The summed E-state index contributed by atoms with van der Waals surface area (Å²) in [6.45, 7) is 4.58. The molecule has 0 spiro atoms. The van der Waals surface area contributed by atoms with Crippen molar-refractivity contribution in [1.82, 2.24) is 15.1 Å². The maximum atomic E-state index is 4.69. The van der Waals surface area contributed by atoms with Gasteiger partial charge < -0.3 is 5.32 Å². The second-order valence-corrected chi connectivity index (χ2v) is 5.53. The number of fused-ring (bicyclic) bond motifs is 1. The molecule has 1 heterocycles. The average molecular weight is 259 g/mol. The minimum atomic E-state index is 0.508. The molecule has 3 nitrogen and oxygen atoms in total. The molecule has 2 unspecified atom stereocenters. The Hall–Kier alpha value is -1.35. The quantitative estimate of drug-likeness (QED) is 0.863. The van der Waals surface area contributed by atoms with Gasteiger partial charge in [0.05, 0.1) is 11.2 Å². The van der Waals surface area contributed by atoms with Gasteiger partial charge in [-0.25, -0.2) is 0 Å². The number of aryl methyl sites for hydroxylation is 1. The van der Waals surface area contributed by atoms with Gasteiger partial charge in [0.15, 0.2) is 0 Å². The maximum absolute atomic E-state index is 4.69. The van der Waals surface area contributed by atoms with E-state index in [1.54, 1.807) is 0 Å². The maximum Gasteiger partial charge on any atom is 0.0718 e. The molecule has 3 heteroatoms. The van der Waals surface area contributed by atoms with Crippen LogP contribution in [0.2, 0.25) is 0 Å². The number of hydrogen-bond acceptors (Lipinski definition) is 2. The molecule has 19 heavy (non-hydrogen) atoms. The van der Waals surface area contributed by atoms with Crippen LogP contribution in [0.15, 0.2) is 24.3 Å². The highest BCUT2D eigenvalue weighted by Crippen LogP contribution is 2.20. The van der Waals surface area contributed by atoms with E-state index >= 15 is 0 Å². The predicted octanol–water partition coefficient (Wildman–Crippen LogP) is 3.14. The number of nitrogens with zero attached hydrogens (tertiary/aromatic N) is 2. The van der Waals surface area contributed by atoms with Gasteiger partial charge in [-0.2, -0.15) is 5.10 Å². The summed E-state index contributed by atoms with van der Waals surface area (Å²) in [7, 11) is 4.08. The van der Waals surface area contributed by atoms with Crippen LogP contribution < -0.4 is 5.32 Å². The van der Waals surface area contributed by atoms with Gasteiger partial charge in [0.1, 0.15) is 0 Å². The first-order chi connectivity index (χ1) is 9.15. The molecule has 0 saturated carbocycles. The third kappa shape index (κ3) is 3.16. The van der Waals surface area contributed by atoms with Crippen LogP contribution in [-0.2, 0) is 13.5 Å². The fourth-order valence-corrected chi connectivity index (χ4v) is 2.63. The number of para-hydroxylation sites is 1. The zero-order valence-corrected chi connectivity index (χ0v) is 12.5. The first-order valence-electron chi connectivity index (χ1n) is 7.23. The van der Waals surface area contributed by atoms with Crippen LogP contribution in [0.3, 0.4) is 0 Å². The Morgan fingerprint density at radius 2 is 2.05 bits per heavy atom. The Labute approximate surface area is 116 Å². The van der Waals surface area contributed by atoms with Gasteiger partial charge in [-0.3, -0.25) is 4.68 Å². The smallest absolute Gasteiger partial charge is 0.0718 e. The number of benzene rings is 1. The number of likely N-dealkylation sites (N-methyl/N-ethyl adjacent to an activating group) is 1. The van der Waals surface area contributed by atoms with Gasteiger partial charge in [-0.1, -0.05) is 38.5 Å². The molecule has 0 bridgehead atoms. The summed E-state index contributed by atoms with van der Waals surface area (Å²) in [5, 5.41) is 9.41. The number of rotatable bonds is 6. The minimum absolute atomic E-state index is 0.508. The highest BCUT2D eigenvalue weighted by Gasteiger charge is 2.15. The van der Waals surface area contributed by atoms with Crippen molar-refractivity contribution in [3.05, 3.63) is 30.0 Å². The lowest BCUT2D eigenvalue weighted by molar-refractivity contribution is 0.408. The summed E-state index contributed by atoms with van der Waals surface area (Å²) in [5.41, 5.74) is 2.43. The molecule has 1 aromatic carbocycles. The standard InChI is InChI=1S/C16H25N3/c1-5-12(2)10-13(17-3)11-15-14-8-6-7-9-16(14)19(4)18-15/h6-9,12-13,17H,5,10-11H2,1-4H3. The van der Waals surface area contributed by atoms with Gasteiger partial charge >= 0.3 is 0 Å². The molecule has 0 fully saturated rings. The summed E-state index contributed by atoms with van der Waals surface area (Å²) in [6, 6.07) is 8.98. The molecule has 2 aromatic rings. The molecule has 104 valence electrons. The van der Waals surface area contributed by atoms with E-state index in [0.717, 1.165) is 12.3 Å². The Morgan fingerprint density at radius 1 is 1.32 bits per heavy atom. The van der Waals surface area contributed by atoms with Crippen molar-refractivity contribution in [2.45, 2.75) is 39.2 Å². The van der Waals surface area contributed by atoms with E-state index in [0.29, 0.717) is 6.04 Å². The Morgan fingerprint density at radius 3 is 2.74 bits per heavy atom. The third-order valence-electron chi connectivity index (χ3n) is 4.07. The zero-order valence-electron chi connectivity index (χ0n) is 12.5. The lowest BCUT2D eigenvalue weighted by Gasteiger charge is -2.18. The molecule has 0 aliphatic carbocycles. The summed E-state index contributed by atoms with van der Waals surface area (Å²) >= 11 is 0. The SMILES string of the molecule is CCC(C)CC(Cc1nn(C)c2ccccc12)NC. The van der Waals surface area contributed by atoms with Crippen molar-refractivity contribution in [2.24, 2.45) is 13.0 Å². The molecule has 2 atom stereocenters. The summed E-state index contributed by atoms with van der Waals surface area (Å²) in [5.74, 6) is 0.757. The van der Waals surface area contributed by atoms with Gasteiger partial charge in [-0.05, 0) is 25.5 Å². The van der Waals surface area contributed by atoms with E-state index in [9.17, 15) is 0 Å². The molecule has 0 aliphatic rings. The molecular formula is C16H25N3. The average Bonchev–Trinajstić information content (AvgIpc) is 2.75. The van der Waals surface area contributed by atoms with Crippen LogP contribution in [0.5, 0.6) is 0 Å². The number of nitrogens with one attached hydrogen (secondary N) is 1. The van der Waals surface area contributed by atoms with Crippen molar-refractivity contribution in [3.8, 4) is 0 Å². The zero-order chi connectivity index (χ0) is 13.8. The van der Waals surface area contributed by atoms with Gasteiger partial charge in [0.25, 0.3) is 0 Å². The first kappa shape index (κ1) is 14.1. The third-order valence-corrected chi connectivity index (χ3v) is 4.07. The molecule has 0 saturated heterocycles. The van der Waals surface area contributed by atoms with Crippen molar-refractivity contribution in [1.29, 1.82) is 0 Å². The van der Waals surface area contributed by atoms with Gasteiger partial charge in [0.2, 0.25) is 0 Å². The molecule has 0 aliphatic heterocycles. The molecule has 2 rings (SSSR count). The molecular weight excluding hydrogens is 234 g/mol. The summed E-state index contributed by atoms with van der Waals surface area (Å²) in [6.07, 6.45) is 3.45. The Kier molecular flexibility index (Phi) is 4.59. The van der Waals surface area contributed by atoms with E-state index in [1.165, 1.54) is 29.4 Å². The van der Waals surface area contributed by atoms with Crippen LogP contribution in [-0.4, -0.2) is 22.9 Å². The van der Waals surface area contributed by atoms with E-state index in [-0.39, 0.29) is 0 Å². The van der Waals surface area contributed by atoms with Crippen LogP contribution in [0.4, 0.5) is 0 Å². The van der Waals surface area contributed by atoms with Crippen LogP contribution in [0.1, 0.15) is 32.4 Å². The topological polar surface area (TPSA) is 29.9 Å². The van der Waals surface area contributed by atoms with Gasteiger partial charge in [-0.15, -0.1) is 0 Å². The summed E-state index contributed by atoms with van der Waals surface area (Å²) < 4.78 is 1.99.